The summed E-state index contributed by atoms with van der Waals surface area (Å²) in [5, 5.41) is 6.08. The number of rotatable bonds is 5. The Bertz CT molecular complexity index is 776. The number of hydrogen-bond acceptors (Lipinski definition) is 3. The van der Waals surface area contributed by atoms with Crippen molar-refractivity contribution in [2.75, 3.05) is 5.32 Å². The zero-order valence-electron chi connectivity index (χ0n) is 16.0. The Morgan fingerprint density at radius 1 is 0.963 bits per heavy atom. The van der Waals surface area contributed by atoms with Gasteiger partial charge in [0.05, 0.1) is 0 Å². The average molecular weight is 365 g/mol. The van der Waals surface area contributed by atoms with E-state index in [2.05, 4.69) is 15.6 Å². The number of aryl methyl sites for hydroxylation is 2. The van der Waals surface area contributed by atoms with Crippen molar-refractivity contribution < 1.29 is 9.59 Å². The van der Waals surface area contributed by atoms with Crippen LogP contribution in [0.5, 0.6) is 0 Å². The molecular weight excluding hydrogens is 338 g/mol. The molecule has 0 radical (unpaired) electrons. The molecule has 5 heteroatoms. The number of anilines is 1. The van der Waals surface area contributed by atoms with Crippen LogP contribution in [0.25, 0.3) is 0 Å². The molecule has 2 amide bonds. The smallest absolute Gasteiger partial charge is 0.227 e. The number of hydrogen-bond donors (Lipinski definition) is 2. The molecule has 142 valence electrons. The fourth-order valence-corrected chi connectivity index (χ4v) is 3.69. The Morgan fingerprint density at radius 2 is 1.59 bits per heavy atom. The summed E-state index contributed by atoms with van der Waals surface area (Å²) in [6.07, 6.45) is 6.49. The predicted molar refractivity (Wildman–Crippen MR) is 106 cm³/mol. The van der Waals surface area contributed by atoms with Gasteiger partial charge in [-0.3, -0.25) is 14.6 Å². The van der Waals surface area contributed by atoms with Crippen LogP contribution in [0.2, 0.25) is 0 Å². The van der Waals surface area contributed by atoms with Gasteiger partial charge in [0, 0.05) is 36.5 Å². The molecule has 5 nitrogen and oxygen atoms in total. The van der Waals surface area contributed by atoms with Crippen LogP contribution in [0.15, 0.2) is 42.7 Å². The van der Waals surface area contributed by atoms with Crippen molar-refractivity contribution in [2.24, 2.45) is 11.8 Å². The second-order valence-electron chi connectivity index (χ2n) is 7.38. The molecular formula is C22H27N3O2. The Kier molecular flexibility index (Phi) is 6.22. The second kappa shape index (κ2) is 8.80. The first kappa shape index (κ1) is 19.1. The molecule has 3 rings (SSSR count). The number of pyridine rings is 1. The Labute approximate surface area is 160 Å². The van der Waals surface area contributed by atoms with Crippen molar-refractivity contribution in [1.82, 2.24) is 10.3 Å². The van der Waals surface area contributed by atoms with Crippen LogP contribution in [0.4, 0.5) is 5.69 Å². The monoisotopic (exact) mass is 365 g/mol. The molecule has 1 heterocycles. The van der Waals surface area contributed by atoms with E-state index in [0.29, 0.717) is 6.54 Å². The molecule has 0 bridgehead atoms. The van der Waals surface area contributed by atoms with Crippen molar-refractivity contribution in [3.8, 4) is 0 Å². The summed E-state index contributed by atoms with van der Waals surface area (Å²) in [7, 11) is 0. The molecule has 1 fully saturated rings. The normalized spacial score (nSPS) is 19.3. The minimum Gasteiger partial charge on any atom is -0.352 e. The number of carbonyl (C=O) groups excluding carboxylic acids is 2. The lowest BCUT2D eigenvalue weighted by Crippen LogP contribution is -2.35. The van der Waals surface area contributed by atoms with Gasteiger partial charge >= 0.3 is 0 Å². The molecule has 2 N–H and O–H groups in total. The molecule has 27 heavy (non-hydrogen) atoms. The lowest BCUT2D eigenvalue weighted by atomic mass is 9.81. The number of benzene rings is 1. The fraction of sp³-hybridized carbons (Fsp3) is 0.409. The highest BCUT2D eigenvalue weighted by Gasteiger charge is 2.30. The molecule has 1 aliphatic rings. The molecule has 0 atom stereocenters. The molecule has 0 saturated heterocycles. The van der Waals surface area contributed by atoms with Gasteiger partial charge in [-0.25, -0.2) is 0 Å². The summed E-state index contributed by atoms with van der Waals surface area (Å²) in [6, 6.07) is 9.82. The maximum Gasteiger partial charge on any atom is 0.227 e. The average Bonchev–Trinajstić information content (AvgIpc) is 2.70. The van der Waals surface area contributed by atoms with E-state index in [1.807, 2.05) is 44.2 Å². The molecule has 1 aromatic carbocycles. The third-order valence-corrected chi connectivity index (χ3v) is 5.39. The van der Waals surface area contributed by atoms with Crippen LogP contribution in [0.3, 0.4) is 0 Å². The van der Waals surface area contributed by atoms with Crippen LogP contribution >= 0.6 is 0 Å². The predicted octanol–water partition coefficient (Wildman–Crippen LogP) is 3.76. The number of nitrogens with zero attached hydrogens (tertiary/aromatic N) is 1. The third kappa shape index (κ3) is 4.94. The number of para-hydroxylation sites is 1. The van der Waals surface area contributed by atoms with Crippen molar-refractivity contribution in [3.63, 3.8) is 0 Å². The van der Waals surface area contributed by atoms with Gasteiger partial charge in [-0.1, -0.05) is 24.3 Å². The summed E-state index contributed by atoms with van der Waals surface area (Å²) >= 11 is 0. The van der Waals surface area contributed by atoms with Crippen molar-refractivity contribution in [2.45, 2.75) is 46.1 Å². The Hall–Kier alpha value is -2.69. The summed E-state index contributed by atoms with van der Waals surface area (Å²) in [5.74, 6) is 0.117. The van der Waals surface area contributed by atoms with Crippen LogP contribution in [-0.2, 0) is 16.1 Å². The van der Waals surface area contributed by atoms with Gasteiger partial charge in [-0.2, -0.15) is 0 Å². The van der Waals surface area contributed by atoms with Crippen molar-refractivity contribution in [1.29, 1.82) is 0 Å². The van der Waals surface area contributed by atoms with Crippen molar-refractivity contribution >= 4 is 17.5 Å². The second-order valence-corrected chi connectivity index (χ2v) is 7.38. The molecule has 0 spiro atoms. The Balaban J connectivity index is 1.48. The molecule has 1 aromatic heterocycles. The Morgan fingerprint density at radius 3 is 2.19 bits per heavy atom. The SMILES string of the molecule is Cc1cccc(C)c1NC(=O)C1CCC(C(=O)NCc2cccnc2)CC1. The van der Waals surface area contributed by atoms with Crippen molar-refractivity contribution in [3.05, 3.63) is 59.4 Å². The quantitative estimate of drug-likeness (QED) is 0.847. The summed E-state index contributed by atoms with van der Waals surface area (Å²) in [5.41, 5.74) is 4.06. The van der Waals surface area contributed by atoms with E-state index in [1.165, 1.54) is 0 Å². The summed E-state index contributed by atoms with van der Waals surface area (Å²) in [4.78, 5) is 29.1. The highest BCUT2D eigenvalue weighted by Crippen LogP contribution is 2.30. The zero-order valence-corrected chi connectivity index (χ0v) is 16.0. The van der Waals surface area contributed by atoms with E-state index in [1.54, 1.807) is 12.4 Å². The summed E-state index contributed by atoms with van der Waals surface area (Å²) in [6.45, 7) is 4.51. The number of carbonyl (C=O) groups is 2. The van der Waals surface area contributed by atoms with Gasteiger partial charge in [0.2, 0.25) is 11.8 Å². The number of aromatic nitrogens is 1. The van der Waals surface area contributed by atoms with Gasteiger partial charge in [0.1, 0.15) is 0 Å². The molecule has 1 aliphatic carbocycles. The standard InChI is InChI=1S/C22H27N3O2/c1-15-5-3-6-16(2)20(15)25-22(27)19-10-8-18(9-11-19)21(26)24-14-17-7-4-12-23-13-17/h3-7,12-13,18-19H,8-11,14H2,1-2H3,(H,24,26)(H,25,27). The van der Waals surface area contributed by atoms with E-state index < -0.39 is 0 Å². The largest absolute Gasteiger partial charge is 0.352 e. The third-order valence-electron chi connectivity index (χ3n) is 5.39. The summed E-state index contributed by atoms with van der Waals surface area (Å²) < 4.78 is 0. The van der Waals surface area contributed by atoms with Gasteiger partial charge in [0.25, 0.3) is 0 Å². The van der Waals surface area contributed by atoms with Gasteiger partial charge in [0.15, 0.2) is 0 Å². The number of amides is 2. The first-order chi connectivity index (χ1) is 13.0. The lowest BCUT2D eigenvalue weighted by molar-refractivity contribution is -0.128. The topological polar surface area (TPSA) is 71.1 Å². The highest BCUT2D eigenvalue weighted by atomic mass is 16.2. The first-order valence-corrected chi connectivity index (χ1v) is 9.58. The van der Waals surface area contributed by atoms with E-state index in [0.717, 1.165) is 48.1 Å². The highest BCUT2D eigenvalue weighted by molar-refractivity contribution is 5.94. The van der Waals surface area contributed by atoms with Crippen LogP contribution in [0.1, 0.15) is 42.4 Å². The maximum absolute atomic E-state index is 12.6. The van der Waals surface area contributed by atoms with E-state index in [-0.39, 0.29) is 23.7 Å². The van der Waals surface area contributed by atoms with E-state index in [9.17, 15) is 9.59 Å². The van der Waals surface area contributed by atoms with Crippen LogP contribution < -0.4 is 10.6 Å². The molecule has 1 saturated carbocycles. The molecule has 0 unspecified atom stereocenters. The first-order valence-electron chi connectivity index (χ1n) is 9.58. The van der Waals surface area contributed by atoms with Crippen LogP contribution in [0, 0.1) is 25.7 Å². The fourth-order valence-electron chi connectivity index (χ4n) is 3.69. The molecule has 0 aliphatic heterocycles. The van der Waals surface area contributed by atoms with E-state index >= 15 is 0 Å². The van der Waals surface area contributed by atoms with Crippen LogP contribution in [-0.4, -0.2) is 16.8 Å². The minimum atomic E-state index is -0.0219. The van der Waals surface area contributed by atoms with E-state index in [4.69, 9.17) is 0 Å². The number of nitrogens with one attached hydrogen (secondary N) is 2. The van der Waals surface area contributed by atoms with Gasteiger partial charge in [-0.15, -0.1) is 0 Å². The molecule has 2 aromatic rings. The zero-order chi connectivity index (χ0) is 19.2. The van der Waals surface area contributed by atoms with Gasteiger partial charge < -0.3 is 10.6 Å². The lowest BCUT2D eigenvalue weighted by Gasteiger charge is -2.27. The minimum absolute atomic E-state index is 0.00841. The maximum atomic E-state index is 12.6. The van der Waals surface area contributed by atoms with Gasteiger partial charge in [-0.05, 0) is 62.3 Å².